The Balaban J connectivity index is 1.91. The van der Waals surface area contributed by atoms with Crippen molar-refractivity contribution in [3.8, 4) is 0 Å². The van der Waals surface area contributed by atoms with Crippen LogP contribution < -0.4 is 0 Å². The van der Waals surface area contributed by atoms with E-state index in [9.17, 15) is 10.1 Å². The summed E-state index contributed by atoms with van der Waals surface area (Å²) >= 11 is 1.83. The predicted octanol–water partition coefficient (Wildman–Crippen LogP) is 4.91. The lowest BCUT2D eigenvalue weighted by molar-refractivity contribution is -0.384. The molecule has 0 aromatic heterocycles. The number of hydrogen-bond donors (Lipinski definition) is 0. The number of rotatable bonds is 4. The predicted molar refractivity (Wildman–Crippen MR) is 100 cm³/mol. The molecule has 1 unspecified atom stereocenters. The highest BCUT2D eigenvalue weighted by Crippen LogP contribution is 2.37. The lowest BCUT2D eigenvalue weighted by Gasteiger charge is -2.34. The monoisotopic (exact) mass is 347 g/mol. The van der Waals surface area contributed by atoms with Gasteiger partial charge in [-0.2, -0.15) is 0 Å². The third-order valence-corrected chi connectivity index (χ3v) is 6.12. The Morgan fingerprint density at radius 3 is 2.62 bits per heavy atom. The molecule has 1 saturated heterocycles. The first-order valence-electron chi connectivity index (χ1n) is 8.72. The Kier molecular flexibility index (Phi) is 5.13. The number of aryl methyl sites for hydroxylation is 1. The summed E-state index contributed by atoms with van der Waals surface area (Å²) in [6.07, 6.45) is 5.12. The maximum absolute atomic E-state index is 10.9. The molecule has 5 nitrogen and oxygen atoms in total. The molecule has 3 rings (SSSR count). The number of benzene rings is 1. The van der Waals surface area contributed by atoms with Crippen molar-refractivity contribution in [3.63, 3.8) is 0 Å². The molecule has 0 spiro atoms. The van der Waals surface area contributed by atoms with Crippen LogP contribution in [0.5, 0.6) is 0 Å². The normalized spacial score (nSPS) is 23.6. The SMILES string of the molecule is Cc1cc([N+](=O)[O-])ccc1N=C1SCC(C(C)C)N1C1CCCC1. The maximum atomic E-state index is 10.9. The molecule has 0 amide bonds. The van der Waals surface area contributed by atoms with Crippen LogP contribution in [0.25, 0.3) is 0 Å². The van der Waals surface area contributed by atoms with Gasteiger partial charge >= 0.3 is 0 Å². The number of thioether (sulfide) groups is 1. The van der Waals surface area contributed by atoms with E-state index in [-0.39, 0.29) is 10.6 Å². The van der Waals surface area contributed by atoms with Crippen LogP contribution >= 0.6 is 11.8 Å². The Hall–Kier alpha value is -1.56. The molecule has 0 bridgehead atoms. The van der Waals surface area contributed by atoms with Crippen LogP contribution in [0, 0.1) is 23.0 Å². The number of aliphatic imine (C=N–C) groups is 1. The molecule has 1 saturated carbocycles. The fourth-order valence-corrected chi connectivity index (χ4v) is 5.11. The van der Waals surface area contributed by atoms with E-state index in [0.717, 1.165) is 22.2 Å². The van der Waals surface area contributed by atoms with Gasteiger partial charge in [-0.15, -0.1) is 0 Å². The molecule has 2 aliphatic rings. The largest absolute Gasteiger partial charge is 0.344 e. The summed E-state index contributed by atoms with van der Waals surface area (Å²) in [5, 5.41) is 12.0. The molecule has 2 fully saturated rings. The Morgan fingerprint density at radius 2 is 2.04 bits per heavy atom. The summed E-state index contributed by atoms with van der Waals surface area (Å²) in [6.45, 7) is 6.46. The zero-order chi connectivity index (χ0) is 17.3. The quantitative estimate of drug-likeness (QED) is 0.574. The second-order valence-electron chi connectivity index (χ2n) is 7.09. The fraction of sp³-hybridized carbons (Fsp3) is 0.611. The van der Waals surface area contributed by atoms with Crippen molar-refractivity contribution in [2.75, 3.05) is 5.75 Å². The van der Waals surface area contributed by atoms with Gasteiger partial charge in [-0.05, 0) is 37.3 Å². The van der Waals surface area contributed by atoms with Gasteiger partial charge in [0.25, 0.3) is 5.69 Å². The van der Waals surface area contributed by atoms with E-state index < -0.39 is 0 Å². The average molecular weight is 347 g/mol. The van der Waals surface area contributed by atoms with Crippen LogP contribution in [0.2, 0.25) is 0 Å². The molecule has 130 valence electrons. The van der Waals surface area contributed by atoms with Crippen molar-refractivity contribution in [2.24, 2.45) is 10.9 Å². The third kappa shape index (κ3) is 3.43. The zero-order valence-corrected chi connectivity index (χ0v) is 15.4. The lowest BCUT2D eigenvalue weighted by Crippen LogP contribution is -2.43. The highest BCUT2D eigenvalue weighted by molar-refractivity contribution is 8.14. The van der Waals surface area contributed by atoms with Crippen LogP contribution in [0.1, 0.15) is 45.1 Å². The van der Waals surface area contributed by atoms with Crippen LogP contribution in [-0.2, 0) is 0 Å². The minimum absolute atomic E-state index is 0.128. The van der Waals surface area contributed by atoms with Crippen molar-refractivity contribution < 1.29 is 4.92 Å². The van der Waals surface area contributed by atoms with Gasteiger partial charge < -0.3 is 4.90 Å². The van der Waals surface area contributed by atoms with Crippen molar-refractivity contribution in [1.82, 2.24) is 4.90 Å². The van der Waals surface area contributed by atoms with Crippen molar-refractivity contribution >= 4 is 28.3 Å². The number of nitro groups is 1. The smallest absolute Gasteiger partial charge is 0.269 e. The minimum Gasteiger partial charge on any atom is -0.344 e. The summed E-state index contributed by atoms with van der Waals surface area (Å²) in [5.74, 6) is 1.68. The molecular weight excluding hydrogens is 322 g/mol. The number of hydrogen-bond acceptors (Lipinski definition) is 4. The van der Waals surface area contributed by atoms with E-state index in [0.29, 0.717) is 18.0 Å². The Morgan fingerprint density at radius 1 is 1.33 bits per heavy atom. The Labute approximate surface area is 147 Å². The van der Waals surface area contributed by atoms with Crippen LogP contribution in [0.15, 0.2) is 23.2 Å². The van der Waals surface area contributed by atoms with Gasteiger partial charge in [0.15, 0.2) is 5.17 Å². The molecule has 0 N–H and O–H groups in total. The van der Waals surface area contributed by atoms with Gasteiger partial charge in [0, 0.05) is 30.0 Å². The van der Waals surface area contributed by atoms with Gasteiger partial charge in [-0.1, -0.05) is 38.5 Å². The fourth-order valence-electron chi connectivity index (χ4n) is 3.65. The first-order valence-corrected chi connectivity index (χ1v) is 9.71. The van der Waals surface area contributed by atoms with Crippen LogP contribution in [0.3, 0.4) is 0 Å². The number of nitrogens with zero attached hydrogens (tertiary/aromatic N) is 3. The van der Waals surface area contributed by atoms with Crippen molar-refractivity contribution in [2.45, 2.75) is 58.5 Å². The molecular formula is C18H25N3O2S. The highest BCUT2D eigenvalue weighted by atomic mass is 32.2. The first kappa shape index (κ1) is 17.3. The Bertz CT molecular complexity index is 654. The minimum atomic E-state index is -0.353. The summed E-state index contributed by atoms with van der Waals surface area (Å²) in [7, 11) is 0. The number of amidine groups is 1. The molecule has 1 aromatic carbocycles. The summed E-state index contributed by atoms with van der Waals surface area (Å²) in [5.41, 5.74) is 1.83. The van der Waals surface area contributed by atoms with E-state index >= 15 is 0 Å². The topological polar surface area (TPSA) is 58.7 Å². The highest BCUT2D eigenvalue weighted by Gasteiger charge is 2.38. The summed E-state index contributed by atoms with van der Waals surface area (Å²) < 4.78 is 0. The third-order valence-electron chi connectivity index (χ3n) is 5.06. The van der Waals surface area contributed by atoms with E-state index in [1.165, 1.54) is 25.7 Å². The molecule has 1 aromatic rings. The molecule has 0 radical (unpaired) electrons. The second-order valence-corrected chi connectivity index (χ2v) is 8.08. The number of nitro benzene ring substituents is 1. The molecule has 1 atom stereocenters. The van der Waals surface area contributed by atoms with Gasteiger partial charge in [0.2, 0.25) is 0 Å². The molecule has 1 aliphatic heterocycles. The second kappa shape index (κ2) is 7.13. The van der Waals surface area contributed by atoms with E-state index in [2.05, 4.69) is 18.7 Å². The summed E-state index contributed by atoms with van der Waals surface area (Å²) in [6, 6.07) is 6.07. The molecule has 6 heteroatoms. The standard InChI is InChI=1S/C18H25N3O2S/c1-12(2)17-11-24-18(20(17)14-6-4-5-7-14)19-16-9-8-15(21(22)23)10-13(16)3/h8-10,12,14,17H,4-7,11H2,1-3H3. The van der Waals surface area contributed by atoms with E-state index in [1.807, 2.05) is 18.7 Å². The summed E-state index contributed by atoms with van der Waals surface area (Å²) in [4.78, 5) is 18.0. The zero-order valence-electron chi connectivity index (χ0n) is 14.6. The van der Waals surface area contributed by atoms with Gasteiger partial charge in [0.05, 0.1) is 10.6 Å². The van der Waals surface area contributed by atoms with Gasteiger partial charge in [-0.3, -0.25) is 10.1 Å². The lowest BCUT2D eigenvalue weighted by atomic mass is 10.0. The molecule has 1 heterocycles. The van der Waals surface area contributed by atoms with Crippen molar-refractivity contribution in [1.29, 1.82) is 0 Å². The average Bonchev–Trinajstić information content (AvgIpc) is 3.17. The van der Waals surface area contributed by atoms with E-state index in [4.69, 9.17) is 4.99 Å². The van der Waals surface area contributed by atoms with Gasteiger partial charge in [0.1, 0.15) is 0 Å². The number of non-ortho nitro benzene ring substituents is 1. The first-order chi connectivity index (χ1) is 11.5. The van der Waals surface area contributed by atoms with Crippen LogP contribution in [0.4, 0.5) is 11.4 Å². The van der Waals surface area contributed by atoms with E-state index in [1.54, 1.807) is 18.2 Å². The van der Waals surface area contributed by atoms with Crippen LogP contribution in [-0.4, -0.2) is 32.8 Å². The molecule has 24 heavy (non-hydrogen) atoms. The maximum Gasteiger partial charge on any atom is 0.269 e. The molecule has 1 aliphatic carbocycles. The van der Waals surface area contributed by atoms with Crippen molar-refractivity contribution in [3.05, 3.63) is 33.9 Å². The van der Waals surface area contributed by atoms with Gasteiger partial charge in [-0.25, -0.2) is 4.99 Å².